The van der Waals surface area contributed by atoms with Gasteiger partial charge in [0.05, 0.1) is 0 Å². The van der Waals surface area contributed by atoms with Crippen LogP contribution in [0.25, 0.3) is 0 Å². The molecule has 0 saturated heterocycles. The van der Waals surface area contributed by atoms with Crippen molar-refractivity contribution < 1.29 is 0 Å². The Morgan fingerprint density at radius 2 is 1.78 bits per heavy atom. The van der Waals surface area contributed by atoms with E-state index in [4.69, 9.17) is 5.73 Å². The molecule has 2 nitrogen and oxygen atoms in total. The van der Waals surface area contributed by atoms with Gasteiger partial charge in [-0.1, -0.05) is 39.0 Å². The van der Waals surface area contributed by atoms with Crippen LogP contribution in [0.4, 0.5) is 0 Å². The van der Waals surface area contributed by atoms with Gasteiger partial charge in [0.25, 0.3) is 0 Å². The van der Waals surface area contributed by atoms with Crippen molar-refractivity contribution in [3.05, 3.63) is 0 Å². The fourth-order valence-corrected chi connectivity index (χ4v) is 4.25. The summed E-state index contributed by atoms with van der Waals surface area (Å²) in [4.78, 5) is 2.66. The summed E-state index contributed by atoms with van der Waals surface area (Å²) in [5, 5.41) is 0. The van der Waals surface area contributed by atoms with Crippen molar-refractivity contribution in [1.29, 1.82) is 0 Å². The van der Waals surface area contributed by atoms with Crippen molar-refractivity contribution >= 4 is 0 Å². The van der Waals surface area contributed by atoms with Crippen LogP contribution in [0.5, 0.6) is 0 Å². The summed E-state index contributed by atoms with van der Waals surface area (Å²) in [5.41, 5.74) is 6.10. The Morgan fingerprint density at radius 1 is 1.06 bits per heavy atom. The van der Waals surface area contributed by atoms with Gasteiger partial charge in [0.15, 0.2) is 0 Å². The summed E-state index contributed by atoms with van der Waals surface area (Å²) in [6.45, 7) is 3.27. The average Bonchev–Trinajstić information content (AvgIpc) is 2.41. The molecule has 0 aliphatic heterocycles. The second kappa shape index (κ2) is 6.91. The Labute approximate surface area is 113 Å². The molecule has 2 saturated carbocycles. The quantitative estimate of drug-likeness (QED) is 0.831. The van der Waals surface area contributed by atoms with Crippen LogP contribution in [0.2, 0.25) is 0 Å². The maximum atomic E-state index is 6.10. The maximum absolute atomic E-state index is 6.10. The maximum Gasteiger partial charge on any atom is 0.0246 e. The summed E-state index contributed by atoms with van der Waals surface area (Å²) < 4.78 is 0. The Balaban J connectivity index is 1.93. The monoisotopic (exact) mass is 252 g/mol. The molecule has 3 atom stereocenters. The van der Waals surface area contributed by atoms with Gasteiger partial charge in [0.2, 0.25) is 0 Å². The molecule has 0 heterocycles. The number of rotatable bonds is 4. The number of hydrogen-bond acceptors (Lipinski definition) is 2. The van der Waals surface area contributed by atoms with E-state index in [9.17, 15) is 0 Å². The topological polar surface area (TPSA) is 29.3 Å². The fraction of sp³-hybridized carbons (Fsp3) is 1.00. The van der Waals surface area contributed by atoms with Crippen LogP contribution in [-0.4, -0.2) is 30.6 Å². The molecule has 2 fully saturated rings. The highest BCUT2D eigenvalue weighted by Gasteiger charge is 2.31. The van der Waals surface area contributed by atoms with Gasteiger partial charge in [-0.25, -0.2) is 0 Å². The summed E-state index contributed by atoms with van der Waals surface area (Å²) in [6, 6.07) is 1.44. The molecule has 0 bridgehead atoms. The number of likely N-dealkylation sites (N-methyl/N-ethyl adjacent to an activating group) is 1. The predicted molar refractivity (Wildman–Crippen MR) is 78.6 cm³/mol. The molecule has 0 aromatic rings. The smallest absolute Gasteiger partial charge is 0.0246 e. The first-order chi connectivity index (χ1) is 8.72. The van der Waals surface area contributed by atoms with Crippen molar-refractivity contribution in [3.63, 3.8) is 0 Å². The first-order valence-electron chi connectivity index (χ1n) is 8.14. The van der Waals surface area contributed by atoms with Gasteiger partial charge in [-0.2, -0.15) is 0 Å². The van der Waals surface area contributed by atoms with Crippen LogP contribution in [0, 0.1) is 11.8 Å². The predicted octanol–water partition coefficient (Wildman–Crippen LogP) is 3.40. The van der Waals surface area contributed by atoms with Crippen LogP contribution >= 0.6 is 0 Å². The number of hydrogen-bond donors (Lipinski definition) is 1. The highest BCUT2D eigenvalue weighted by molar-refractivity contribution is 4.87. The van der Waals surface area contributed by atoms with Gasteiger partial charge in [0.1, 0.15) is 0 Å². The molecule has 2 rings (SSSR count). The molecule has 2 aliphatic rings. The van der Waals surface area contributed by atoms with Crippen molar-refractivity contribution in [2.75, 3.05) is 13.6 Å². The third-order valence-corrected chi connectivity index (χ3v) is 5.44. The van der Waals surface area contributed by atoms with E-state index in [-0.39, 0.29) is 0 Å². The lowest BCUT2D eigenvalue weighted by atomic mass is 9.80. The zero-order valence-electron chi connectivity index (χ0n) is 12.4. The summed E-state index contributed by atoms with van der Waals surface area (Å²) in [5.74, 6) is 1.78. The van der Waals surface area contributed by atoms with E-state index in [1.807, 2.05) is 0 Å². The van der Waals surface area contributed by atoms with Gasteiger partial charge < -0.3 is 5.73 Å². The van der Waals surface area contributed by atoms with Crippen molar-refractivity contribution in [3.8, 4) is 0 Å². The molecule has 0 aromatic heterocycles. The SMILES string of the molecule is CC1CCCC(N(C)C(CN)C2CCCCC2)C1. The van der Waals surface area contributed by atoms with Crippen molar-refractivity contribution in [2.24, 2.45) is 17.6 Å². The molecule has 2 N–H and O–H groups in total. The first kappa shape index (κ1) is 14.3. The highest BCUT2D eigenvalue weighted by Crippen LogP contribution is 2.33. The minimum absolute atomic E-state index is 0.639. The molecule has 0 amide bonds. The zero-order chi connectivity index (χ0) is 13.0. The van der Waals surface area contributed by atoms with E-state index in [1.165, 1.54) is 57.8 Å². The zero-order valence-corrected chi connectivity index (χ0v) is 12.4. The Morgan fingerprint density at radius 3 is 2.39 bits per heavy atom. The average molecular weight is 252 g/mol. The molecule has 2 heteroatoms. The van der Waals surface area contributed by atoms with Gasteiger partial charge in [-0.05, 0) is 44.6 Å². The number of nitrogens with two attached hydrogens (primary N) is 1. The second-order valence-corrected chi connectivity index (χ2v) is 6.79. The minimum Gasteiger partial charge on any atom is -0.329 e. The van der Waals surface area contributed by atoms with Crippen LogP contribution in [0.3, 0.4) is 0 Å². The van der Waals surface area contributed by atoms with Crippen molar-refractivity contribution in [2.45, 2.75) is 76.8 Å². The molecule has 18 heavy (non-hydrogen) atoms. The lowest BCUT2D eigenvalue weighted by Gasteiger charge is -2.42. The van der Waals surface area contributed by atoms with Gasteiger partial charge in [-0.15, -0.1) is 0 Å². The molecule has 106 valence electrons. The van der Waals surface area contributed by atoms with Crippen LogP contribution in [0.1, 0.15) is 64.7 Å². The molecule has 0 spiro atoms. The van der Waals surface area contributed by atoms with Crippen LogP contribution in [0.15, 0.2) is 0 Å². The lowest BCUT2D eigenvalue weighted by molar-refractivity contribution is 0.0750. The third-order valence-electron chi connectivity index (χ3n) is 5.44. The summed E-state index contributed by atoms with van der Waals surface area (Å²) in [6.07, 6.45) is 12.7. The largest absolute Gasteiger partial charge is 0.329 e. The van der Waals surface area contributed by atoms with E-state index in [2.05, 4.69) is 18.9 Å². The Hall–Kier alpha value is -0.0800. The summed E-state index contributed by atoms with van der Waals surface area (Å²) in [7, 11) is 2.34. The minimum atomic E-state index is 0.639. The Bertz CT molecular complexity index is 235. The molecular formula is C16H32N2. The molecular weight excluding hydrogens is 220 g/mol. The molecule has 0 aromatic carbocycles. The normalized spacial score (nSPS) is 32.7. The molecule has 2 aliphatic carbocycles. The van der Waals surface area contributed by atoms with Gasteiger partial charge in [0, 0.05) is 18.6 Å². The molecule has 0 radical (unpaired) electrons. The number of nitrogens with zero attached hydrogens (tertiary/aromatic N) is 1. The molecule has 3 unspecified atom stereocenters. The summed E-state index contributed by atoms with van der Waals surface area (Å²) >= 11 is 0. The van der Waals surface area contributed by atoms with Crippen LogP contribution < -0.4 is 5.73 Å². The van der Waals surface area contributed by atoms with E-state index in [0.29, 0.717) is 6.04 Å². The van der Waals surface area contributed by atoms with Gasteiger partial charge in [-0.3, -0.25) is 4.90 Å². The fourth-order valence-electron chi connectivity index (χ4n) is 4.25. The lowest BCUT2D eigenvalue weighted by Crippen LogP contribution is -2.50. The van der Waals surface area contributed by atoms with Crippen LogP contribution in [-0.2, 0) is 0 Å². The van der Waals surface area contributed by atoms with E-state index >= 15 is 0 Å². The third kappa shape index (κ3) is 3.48. The van der Waals surface area contributed by atoms with Crippen molar-refractivity contribution in [1.82, 2.24) is 4.90 Å². The second-order valence-electron chi connectivity index (χ2n) is 6.79. The Kier molecular flexibility index (Phi) is 5.50. The van der Waals surface area contributed by atoms with E-state index in [0.717, 1.165) is 24.4 Å². The highest BCUT2D eigenvalue weighted by atomic mass is 15.2. The first-order valence-corrected chi connectivity index (χ1v) is 8.14. The van der Waals surface area contributed by atoms with E-state index in [1.54, 1.807) is 0 Å². The van der Waals surface area contributed by atoms with E-state index < -0.39 is 0 Å². The standard InChI is InChI=1S/C16H32N2/c1-13-7-6-10-15(11-13)18(2)16(12-17)14-8-4-3-5-9-14/h13-16H,3-12,17H2,1-2H3. The van der Waals surface area contributed by atoms with Gasteiger partial charge >= 0.3 is 0 Å².